The van der Waals surface area contributed by atoms with Crippen molar-refractivity contribution in [2.45, 2.75) is 26.0 Å². The number of benzene rings is 1. The van der Waals surface area contributed by atoms with Crippen molar-refractivity contribution in [3.05, 3.63) is 53.4 Å². The van der Waals surface area contributed by atoms with E-state index in [9.17, 15) is 13.6 Å². The van der Waals surface area contributed by atoms with Gasteiger partial charge in [0.05, 0.1) is 24.9 Å². The first-order chi connectivity index (χ1) is 11.5. The summed E-state index contributed by atoms with van der Waals surface area (Å²) in [6.07, 6.45) is 2.79. The number of ether oxygens (including phenoxy) is 1. The Bertz CT molecular complexity index is 745. The van der Waals surface area contributed by atoms with Crippen LogP contribution in [0.15, 0.2) is 30.6 Å². The van der Waals surface area contributed by atoms with E-state index >= 15 is 0 Å². The van der Waals surface area contributed by atoms with Gasteiger partial charge in [0, 0.05) is 18.8 Å². The minimum Gasteiger partial charge on any atom is -0.370 e. The maximum Gasteiger partial charge on any atom is 0.257 e. The first-order valence-corrected chi connectivity index (χ1v) is 7.85. The first kappa shape index (κ1) is 16.6. The molecule has 3 rings (SSSR count). The molecule has 1 unspecified atom stereocenters. The number of hydrogen-bond donors (Lipinski definition) is 0. The number of rotatable bonds is 3. The van der Waals surface area contributed by atoms with Crippen molar-refractivity contribution < 1.29 is 18.3 Å². The SMILES string of the molecule is CC(C)n1cc(C(=O)N2CCOC(c3ccc(F)c(F)c3)C2)cn1. The lowest BCUT2D eigenvalue weighted by Gasteiger charge is -2.33. The molecular formula is C17H19F2N3O2. The van der Waals surface area contributed by atoms with Crippen LogP contribution in [-0.2, 0) is 4.74 Å². The smallest absolute Gasteiger partial charge is 0.257 e. The highest BCUT2D eigenvalue weighted by Gasteiger charge is 2.27. The molecule has 1 aromatic carbocycles. The third kappa shape index (κ3) is 3.31. The summed E-state index contributed by atoms with van der Waals surface area (Å²) in [5.41, 5.74) is 1.03. The van der Waals surface area contributed by atoms with Crippen LogP contribution in [0.3, 0.4) is 0 Å². The van der Waals surface area contributed by atoms with Gasteiger partial charge in [0.25, 0.3) is 5.91 Å². The van der Waals surface area contributed by atoms with E-state index in [0.717, 1.165) is 12.1 Å². The zero-order chi connectivity index (χ0) is 17.3. The number of hydrogen-bond acceptors (Lipinski definition) is 3. The van der Waals surface area contributed by atoms with Crippen LogP contribution in [0.1, 0.15) is 41.9 Å². The summed E-state index contributed by atoms with van der Waals surface area (Å²) in [6, 6.07) is 3.84. The van der Waals surface area contributed by atoms with Gasteiger partial charge in [-0.25, -0.2) is 8.78 Å². The standard InChI is InChI=1S/C17H19F2N3O2/c1-11(2)22-9-13(8-20-22)17(23)21-5-6-24-16(10-21)12-3-4-14(18)15(19)7-12/h3-4,7-9,11,16H,5-6,10H2,1-2H3. The van der Waals surface area contributed by atoms with E-state index in [4.69, 9.17) is 4.74 Å². The Morgan fingerprint density at radius 1 is 1.33 bits per heavy atom. The second kappa shape index (κ2) is 6.68. The van der Waals surface area contributed by atoms with Crippen molar-refractivity contribution in [3.8, 4) is 0 Å². The monoisotopic (exact) mass is 335 g/mol. The quantitative estimate of drug-likeness (QED) is 0.866. The molecule has 24 heavy (non-hydrogen) atoms. The summed E-state index contributed by atoms with van der Waals surface area (Å²) in [4.78, 5) is 14.3. The molecule has 1 amide bonds. The van der Waals surface area contributed by atoms with Crippen molar-refractivity contribution in [2.24, 2.45) is 0 Å². The van der Waals surface area contributed by atoms with Crippen LogP contribution in [0.2, 0.25) is 0 Å². The largest absolute Gasteiger partial charge is 0.370 e. The fourth-order valence-corrected chi connectivity index (χ4v) is 2.66. The van der Waals surface area contributed by atoms with Gasteiger partial charge < -0.3 is 9.64 Å². The van der Waals surface area contributed by atoms with Gasteiger partial charge in [-0.15, -0.1) is 0 Å². The van der Waals surface area contributed by atoms with Gasteiger partial charge in [-0.3, -0.25) is 9.48 Å². The molecule has 1 atom stereocenters. The van der Waals surface area contributed by atoms with E-state index in [1.165, 1.54) is 6.07 Å². The van der Waals surface area contributed by atoms with Crippen molar-refractivity contribution >= 4 is 5.91 Å². The molecule has 0 spiro atoms. The van der Waals surface area contributed by atoms with Gasteiger partial charge in [-0.2, -0.15) is 5.10 Å². The molecule has 1 aliphatic heterocycles. The molecule has 1 aliphatic rings. The minimum atomic E-state index is -0.919. The van der Waals surface area contributed by atoms with Gasteiger partial charge in [-0.05, 0) is 31.5 Å². The maximum atomic E-state index is 13.4. The Balaban J connectivity index is 1.74. The first-order valence-electron chi connectivity index (χ1n) is 7.85. The van der Waals surface area contributed by atoms with E-state index in [-0.39, 0.29) is 18.5 Å². The van der Waals surface area contributed by atoms with Crippen LogP contribution in [0.5, 0.6) is 0 Å². The number of morpholine rings is 1. The van der Waals surface area contributed by atoms with Gasteiger partial charge >= 0.3 is 0 Å². The molecule has 0 radical (unpaired) electrons. The van der Waals surface area contributed by atoms with E-state index < -0.39 is 17.7 Å². The molecule has 2 heterocycles. The van der Waals surface area contributed by atoms with Crippen molar-refractivity contribution in [3.63, 3.8) is 0 Å². The van der Waals surface area contributed by atoms with Gasteiger partial charge in [0.15, 0.2) is 11.6 Å². The molecule has 128 valence electrons. The third-order valence-corrected chi connectivity index (χ3v) is 4.05. The number of carbonyl (C=O) groups is 1. The zero-order valence-electron chi connectivity index (χ0n) is 13.6. The van der Waals surface area contributed by atoms with Crippen LogP contribution in [0.25, 0.3) is 0 Å². The number of nitrogens with zero attached hydrogens (tertiary/aromatic N) is 3. The zero-order valence-corrected chi connectivity index (χ0v) is 13.6. The number of aromatic nitrogens is 2. The molecule has 0 saturated carbocycles. The Hall–Kier alpha value is -2.28. The van der Waals surface area contributed by atoms with Crippen LogP contribution in [-0.4, -0.2) is 40.3 Å². The van der Waals surface area contributed by atoms with Gasteiger partial charge in [-0.1, -0.05) is 6.07 Å². The predicted octanol–water partition coefficient (Wildman–Crippen LogP) is 2.96. The molecule has 0 N–H and O–H groups in total. The fraction of sp³-hybridized carbons (Fsp3) is 0.412. The predicted molar refractivity (Wildman–Crippen MR) is 83.6 cm³/mol. The molecule has 0 aliphatic carbocycles. The highest BCUT2D eigenvalue weighted by atomic mass is 19.2. The van der Waals surface area contributed by atoms with E-state index in [1.807, 2.05) is 13.8 Å². The molecule has 5 nitrogen and oxygen atoms in total. The molecule has 1 fully saturated rings. The van der Waals surface area contributed by atoms with E-state index in [2.05, 4.69) is 5.10 Å². The van der Waals surface area contributed by atoms with Gasteiger partial charge in [0.2, 0.25) is 0 Å². The van der Waals surface area contributed by atoms with Crippen LogP contribution in [0.4, 0.5) is 8.78 Å². The van der Waals surface area contributed by atoms with Crippen molar-refractivity contribution in [1.29, 1.82) is 0 Å². The summed E-state index contributed by atoms with van der Waals surface area (Å²) in [5.74, 6) is -1.96. The molecule has 1 saturated heterocycles. The van der Waals surface area contributed by atoms with E-state index in [0.29, 0.717) is 24.3 Å². The molecule has 2 aromatic rings. The lowest BCUT2D eigenvalue weighted by Crippen LogP contribution is -2.42. The third-order valence-electron chi connectivity index (χ3n) is 4.05. The highest BCUT2D eigenvalue weighted by molar-refractivity contribution is 5.93. The molecule has 0 bridgehead atoms. The Labute approximate surface area is 138 Å². The summed E-state index contributed by atoms with van der Waals surface area (Å²) in [5, 5.41) is 4.18. The number of amides is 1. The Kier molecular flexibility index (Phi) is 4.62. The average molecular weight is 335 g/mol. The summed E-state index contributed by atoms with van der Waals surface area (Å²) in [7, 11) is 0. The Morgan fingerprint density at radius 2 is 2.12 bits per heavy atom. The second-order valence-electron chi connectivity index (χ2n) is 6.09. The summed E-state index contributed by atoms with van der Waals surface area (Å²) < 4.78 is 33.8. The fourth-order valence-electron chi connectivity index (χ4n) is 2.66. The Morgan fingerprint density at radius 3 is 2.79 bits per heavy atom. The maximum absolute atomic E-state index is 13.4. The summed E-state index contributed by atoms with van der Waals surface area (Å²) in [6.45, 7) is 5.04. The average Bonchev–Trinajstić information content (AvgIpc) is 3.07. The second-order valence-corrected chi connectivity index (χ2v) is 6.09. The lowest BCUT2D eigenvalue weighted by molar-refractivity contribution is -0.0229. The van der Waals surface area contributed by atoms with Crippen LogP contribution >= 0.6 is 0 Å². The summed E-state index contributed by atoms with van der Waals surface area (Å²) >= 11 is 0. The normalized spacial score (nSPS) is 18.2. The van der Waals surface area contributed by atoms with Crippen molar-refractivity contribution in [1.82, 2.24) is 14.7 Å². The molecular weight excluding hydrogens is 316 g/mol. The van der Waals surface area contributed by atoms with Crippen LogP contribution < -0.4 is 0 Å². The van der Waals surface area contributed by atoms with Gasteiger partial charge in [0.1, 0.15) is 6.10 Å². The van der Waals surface area contributed by atoms with Crippen molar-refractivity contribution in [2.75, 3.05) is 19.7 Å². The highest BCUT2D eigenvalue weighted by Crippen LogP contribution is 2.24. The molecule has 7 heteroatoms. The topological polar surface area (TPSA) is 47.4 Å². The van der Waals surface area contributed by atoms with E-state index in [1.54, 1.807) is 22.0 Å². The molecule has 1 aromatic heterocycles. The lowest BCUT2D eigenvalue weighted by atomic mass is 10.1. The number of halogens is 2. The van der Waals surface area contributed by atoms with Crippen LogP contribution in [0, 0.1) is 11.6 Å². The number of carbonyl (C=O) groups excluding carboxylic acids is 1. The minimum absolute atomic E-state index is 0.141.